The molecule has 1 N–H and O–H groups in total. The third kappa shape index (κ3) is 3.49. The molecule has 24 heavy (non-hydrogen) atoms. The fraction of sp³-hybridized carbons (Fsp3) is 0.375. The van der Waals surface area contributed by atoms with Gasteiger partial charge in [-0.15, -0.1) is 0 Å². The van der Waals surface area contributed by atoms with E-state index in [1.165, 1.54) is 23.9 Å². The highest BCUT2D eigenvalue weighted by Gasteiger charge is 2.16. The number of hydrogen-bond donors (Lipinski definition) is 1. The van der Waals surface area contributed by atoms with Crippen LogP contribution in [0.1, 0.15) is 17.7 Å². The van der Waals surface area contributed by atoms with Crippen LogP contribution in [0.5, 0.6) is 5.75 Å². The summed E-state index contributed by atoms with van der Waals surface area (Å²) in [4.78, 5) is 12.1. The van der Waals surface area contributed by atoms with E-state index in [0.29, 0.717) is 5.75 Å². The molecule has 0 saturated carbocycles. The lowest BCUT2D eigenvalue weighted by atomic mass is 10.2. The molecule has 2 aromatic rings. The first-order chi connectivity index (χ1) is 11.5. The zero-order valence-corrected chi connectivity index (χ0v) is 14.2. The lowest BCUT2D eigenvalue weighted by Gasteiger charge is -2.10. The number of methoxy groups -OCH3 is 1. The van der Waals surface area contributed by atoms with E-state index in [4.69, 9.17) is 4.74 Å². The first-order valence-corrected chi connectivity index (χ1v) is 9.21. The van der Waals surface area contributed by atoms with Crippen LogP contribution in [0.25, 0.3) is 0 Å². The lowest BCUT2D eigenvalue weighted by Crippen LogP contribution is -2.32. The van der Waals surface area contributed by atoms with Gasteiger partial charge in [-0.2, -0.15) is 5.10 Å². The predicted molar refractivity (Wildman–Crippen MR) is 88.7 cm³/mol. The summed E-state index contributed by atoms with van der Waals surface area (Å²) >= 11 is 0. The molecule has 0 amide bonds. The van der Waals surface area contributed by atoms with E-state index in [9.17, 15) is 13.2 Å². The second-order valence-corrected chi connectivity index (χ2v) is 7.37. The Hall–Kier alpha value is -2.19. The zero-order chi connectivity index (χ0) is 17.2. The molecule has 8 heteroatoms. The quantitative estimate of drug-likeness (QED) is 0.830. The Balaban J connectivity index is 1.68. The summed E-state index contributed by atoms with van der Waals surface area (Å²) in [6.07, 6.45) is 2.76. The maximum absolute atomic E-state index is 12.3. The predicted octanol–water partition coefficient (Wildman–Crippen LogP) is 0.719. The largest absolute Gasteiger partial charge is 0.497 e. The van der Waals surface area contributed by atoms with E-state index in [2.05, 4.69) is 9.82 Å². The topological polar surface area (TPSA) is 90.3 Å². The van der Waals surface area contributed by atoms with Gasteiger partial charge in [0.2, 0.25) is 10.0 Å². The Morgan fingerprint density at radius 1 is 1.29 bits per heavy atom. The maximum atomic E-state index is 12.3. The monoisotopic (exact) mass is 349 g/mol. The summed E-state index contributed by atoms with van der Waals surface area (Å²) in [6, 6.07) is 7.83. The third-order valence-electron chi connectivity index (χ3n) is 3.99. The Kier molecular flexibility index (Phi) is 4.68. The molecular weight excluding hydrogens is 330 g/mol. The summed E-state index contributed by atoms with van der Waals surface area (Å²) in [5, 5.41) is 4.32. The van der Waals surface area contributed by atoms with Gasteiger partial charge in [0.25, 0.3) is 5.56 Å². The van der Waals surface area contributed by atoms with E-state index in [0.717, 1.165) is 30.5 Å². The number of aryl methyl sites for hydroxylation is 2. The molecule has 7 nitrogen and oxygen atoms in total. The summed E-state index contributed by atoms with van der Waals surface area (Å²) in [5.74, 6) is 0.467. The van der Waals surface area contributed by atoms with Crippen molar-refractivity contribution in [1.82, 2.24) is 14.5 Å². The summed E-state index contributed by atoms with van der Waals surface area (Å²) in [5.41, 5.74) is 1.75. The van der Waals surface area contributed by atoms with Crippen LogP contribution in [-0.4, -0.2) is 31.9 Å². The molecule has 3 rings (SSSR count). The van der Waals surface area contributed by atoms with Gasteiger partial charge in [0.1, 0.15) is 5.75 Å². The molecule has 0 bridgehead atoms. The second-order valence-electron chi connectivity index (χ2n) is 5.61. The summed E-state index contributed by atoms with van der Waals surface area (Å²) in [6.45, 7) is 0.278. The van der Waals surface area contributed by atoms with Crippen molar-refractivity contribution < 1.29 is 13.2 Å². The zero-order valence-electron chi connectivity index (χ0n) is 13.4. The fourth-order valence-corrected chi connectivity index (χ4v) is 3.79. The molecule has 1 aliphatic rings. The van der Waals surface area contributed by atoms with Gasteiger partial charge < -0.3 is 4.74 Å². The van der Waals surface area contributed by atoms with Crippen molar-refractivity contribution in [2.24, 2.45) is 0 Å². The minimum Gasteiger partial charge on any atom is -0.497 e. The standard InChI is InChI=1S/C16H19N3O4S/c1-23-13-5-3-6-14(11-13)24(21,22)17-8-9-19-16(20)10-12-4-2-7-15(12)18-19/h3,5-6,10-11,17H,2,4,7-9H2,1H3. The molecule has 1 heterocycles. The van der Waals surface area contributed by atoms with Crippen LogP contribution in [0, 0.1) is 0 Å². The fourth-order valence-electron chi connectivity index (χ4n) is 2.74. The van der Waals surface area contributed by atoms with Gasteiger partial charge in [-0.05, 0) is 37.0 Å². The van der Waals surface area contributed by atoms with Crippen molar-refractivity contribution in [3.63, 3.8) is 0 Å². The third-order valence-corrected chi connectivity index (χ3v) is 5.45. The highest BCUT2D eigenvalue weighted by atomic mass is 32.2. The molecule has 0 atom stereocenters. The second kappa shape index (κ2) is 6.74. The highest BCUT2D eigenvalue weighted by Crippen LogP contribution is 2.17. The van der Waals surface area contributed by atoms with Crippen LogP contribution in [-0.2, 0) is 29.4 Å². The van der Waals surface area contributed by atoms with E-state index in [1.807, 2.05) is 0 Å². The van der Waals surface area contributed by atoms with E-state index in [-0.39, 0.29) is 23.5 Å². The van der Waals surface area contributed by atoms with Crippen LogP contribution >= 0.6 is 0 Å². The number of aromatic nitrogens is 2. The highest BCUT2D eigenvalue weighted by molar-refractivity contribution is 7.89. The van der Waals surface area contributed by atoms with Gasteiger partial charge in [0.05, 0.1) is 24.2 Å². The first kappa shape index (κ1) is 16.7. The minimum atomic E-state index is -3.66. The molecule has 1 aromatic heterocycles. The van der Waals surface area contributed by atoms with Crippen LogP contribution in [0.3, 0.4) is 0 Å². The van der Waals surface area contributed by atoms with Gasteiger partial charge in [0.15, 0.2) is 0 Å². The van der Waals surface area contributed by atoms with E-state index >= 15 is 0 Å². The van der Waals surface area contributed by atoms with E-state index in [1.54, 1.807) is 18.2 Å². The molecule has 0 spiro atoms. The van der Waals surface area contributed by atoms with Gasteiger partial charge in [-0.3, -0.25) is 4.79 Å². The van der Waals surface area contributed by atoms with Crippen molar-refractivity contribution in [1.29, 1.82) is 0 Å². The van der Waals surface area contributed by atoms with Crippen molar-refractivity contribution >= 4 is 10.0 Å². The maximum Gasteiger partial charge on any atom is 0.267 e. The number of sulfonamides is 1. The molecular formula is C16H19N3O4S. The average Bonchev–Trinajstić information content (AvgIpc) is 3.02. The van der Waals surface area contributed by atoms with E-state index < -0.39 is 10.0 Å². The van der Waals surface area contributed by atoms with Crippen molar-refractivity contribution in [3.05, 3.63) is 51.9 Å². The molecule has 0 unspecified atom stereocenters. The van der Waals surface area contributed by atoms with Crippen LogP contribution < -0.4 is 15.0 Å². The van der Waals surface area contributed by atoms with Gasteiger partial charge in [-0.1, -0.05) is 6.07 Å². The molecule has 128 valence electrons. The lowest BCUT2D eigenvalue weighted by molar-refractivity contribution is 0.413. The number of rotatable bonds is 6. The van der Waals surface area contributed by atoms with Gasteiger partial charge in [-0.25, -0.2) is 17.8 Å². The van der Waals surface area contributed by atoms with Gasteiger partial charge in [0, 0.05) is 18.7 Å². The number of nitrogens with zero attached hydrogens (tertiary/aromatic N) is 2. The molecule has 0 aliphatic heterocycles. The smallest absolute Gasteiger partial charge is 0.267 e. The Bertz CT molecular complexity index is 906. The SMILES string of the molecule is COc1cccc(S(=O)(=O)NCCn2nc3c(cc2=O)CCC3)c1. The van der Waals surface area contributed by atoms with Crippen LogP contribution in [0.4, 0.5) is 0 Å². The van der Waals surface area contributed by atoms with Gasteiger partial charge >= 0.3 is 0 Å². The number of ether oxygens (including phenoxy) is 1. The molecule has 1 aromatic carbocycles. The number of hydrogen-bond acceptors (Lipinski definition) is 5. The minimum absolute atomic E-state index is 0.0885. The van der Waals surface area contributed by atoms with Crippen molar-refractivity contribution in [2.75, 3.05) is 13.7 Å². The Labute approximate surface area is 140 Å². The van der Waals surface area contributed by atoms with Crippen LogP contribution in [0.15, 0.2) is 40.0 Å². The molecule has 0 radical (unpaired) electrons. The van der Waals surface area contributed by atoms with Crippen molar-refractivity contribution in [3.8, 4) is 5.75 Å². The Morgan fingerprint density at radius 3 is 2.92 bits per heavy atom. The first-order valence-electron chi connectivity index (χ1n) is 7.73. The molecule has 1 aliphatic carbocycles. The average molecular weight is 349 g/mol. The normalized spacial score (nSPS) is 13.7. The molecule has 0 fully saturated rings. The van der Waals surface area contributed by atoms with Crippen LogP contribution in [0.2, 0.25) is 0 Å². The Morgan fingerprint density at radius 2 is 2.12 bits per heavy atom. The number of fused-ring (bicyclic) bond motifs is 1. The molecule has 0 saturated heterocycles. The van der Waals surface area contributed by atoms with Crippen molar-refractivity contribution in [2.45, 2.75) is 30.7 Å². The number of nitrogens with one attached hydrogen (secondary N) is 1. The number of benzene rings is 1. The summed E-state index contributed by atoms with van der Waals surface area (Å²) < 4.78 is 33.4. The summed E-state index contributed by atoms with van der Waals surface area (Å²) in [7, 11) is -2.18.